The van der Waals surface area contributed by atoms with Crippen molar-refractivity contribution in [2.24, 2.45) is 0 Å². The number of nitrogens with one attached hydrogen (secondary N) is 1. The van der Waals surface area contributed by atoms with Gasteiger partial charge in [-0.1, -0.05) is 12.8 Å². The van der Waals surface area contributed by atoms with E-state index in [1.54, 1.807) is 0 Å². The molecule has 0 radical (unpaired) electrons. The van der Waals surface area contributed by atoms with Crippen LogP contribution in [0, 0.1) is 5.82 Å². The SMILES string of the molecule is O=C(NC1(CO)CCCC1)c1ccc(-n2cncn2)c(F)c1. The van der Waals surface area contributed by atoms with E-state index in [4.69, 9.17) is 0 Å². The van der Waals surface area contributed by atoms with Crippen LogP contribution in [0.2, 0.25) is 0 Å². The molecule has 116 valence electrons. The lowest BCUT2D eigenvalue weighted by atomic mass is 9.98. The minimum Gasteiger partial charge on any atom is -0.394 e. The van der Waals surface area contributed by atoms with Gasteiger partial charge in [-0.3, -0.25) is 4.79 Å². The van der Waals surface area contributed by atoms with Gasteiger partial charge in [0.25, 0.3) is 5.91 Å². The van der Waals surface area contributed by atoms with Crippen molar-refractivity contribution in [3.63, 3.8) is 0 Å². The standard InChI is InChI=1S/C15H17FN4O2/c16-12-7-11(3-4-13(12)20-10-17-9-18-20)14(22)19-15(8-21)5-1-2-6-15/h3-4,7,9-10,21H,1-2,5-6,8H2,(H,19,22). The fraction of sp³-hybridized carbons (Fsp3) is 0.400. The second-order valence-electron chi connectivity index (χ2n) is 5.61. The summed E-state index contributed by atoms with van der Waals surface area (Å²) < 4.78 is 15.4. The van der Waals surface area contributed by atoms with Gasteiger partial charge in [-0.05, 0) is 31.0 Å². The number of aliphatic hydroxyl groups is 1. The number of nitrogens with zero attached hydrogens (tertiary/aromatic N) is 3. The zero-order chi connectivity index (χ0) is 15.6. The van der Waals surface area contributed by atoms with E-state index in [0.717, 1.165) is 25.7 Å². The minimum absolute atomic E-state index is 0.0989. The Morgan fingerprint density at radius 1 is 1.41 bits per heavy atom. The molecule has 1 fully saturated rings. The molecule has 1 aliphatic rings. The number of rotatable bonds is 4. The number of hydrogen-bond acceptors (Lipinski definition) is 4. The molecule has 1 saturated carbocycles. The monoisotopic (exact) mass is 304 g/mol. The Balaban J connectivity index is 1.80. The molecule has 1 aromatic heterocycles. The van der Waals surface area contributed by atoms with E-state index in [0.29, 0.717) is 0 Å². The number of hydrogen-bond donors (Lipinski definition) is 2. The van der Waals surface area contributed by atoms with E-state index in [-0.39, 0.29) is 23.8 Å². The van der Waals surface area contributed by atoms with Crippen molar-refractivity contribution in [1.29, 1.82) is 0 Å². The molecule has 0 spiro atoms. The van der Waals surface area contributed by atoms with Gasteiger partial charge in [-0.25, -0.2) is 14.1 Å². The van der Waals surface area contributed by atoms with Crippen LogP contribution >= 0.6 is 0 Å². The van der Waals surface area contributed by atoms with Crippen LogP contribution in [0.15, 0.2) is 30.9 Å². The van der Waals surface area contributed by atoms with Crippen LogP contribution in [0.1, 0.15) is 36.0 Å². The minimum atomic E-state index is -0.571. The summed E-state index contributed by atoms with van der Waals surface area (Å²) in [6.45, 7) is -0.0989. The average molecular weight is 304 g/mol. The van der Waals surface area contributed by atoms with Gasteiger partial charge in [0, 0.05) is 5.56 Å². The second-order valence-corrected chi connectivity index (χ2v) is 5.61. The fourth-order valence-corrected chi connectivity index (χ4v) is 2.85. The summed E-state index contributed by atoms with van der Waals surface area (Å²) >= 11 is 0. The highest BCUT2D eigenvalue weighted by atomic mass is 19.1. The number of aromatic nitrogens is 3. The Labute approximate surface area is 127 Å². The second kappa shape index (κ2) is 5.84. The number of carbonyl (C=O) groups is 1. The molecule has 0 unspecified atom stereocenters. The lowest BCUT2D eigenvalue weighted by Crippen LogP contribution is -2.49. The first-order chi connectivity index (χ1) is 10.6. The quantitative estimate of drug-likeness (QED) is 0.896. The molecule has 0 atom stereocenters. The lowest BCUT2D eigenvalue weighted by Gasteiger charge is -2.28. The summed E-state index contributed by atoms with van der Waals surface area (Å²) in [7, 11) is 0. The van der Waals surface area contributed by atoms with Gasteiger partial charge < -0.3 is 10.4 Å². The summed E-state index contributed by atoms with van der Waals surface area (Å²) in [4.78, 5) is 16.1. The summed E-state index contributed by atoms with van der Waals surface area (Å²) in [6.07, 6.45) is 6.13. The average Bonchev–Trinajstić information content (AvgIpc) is 3.19. The predicted octanol–water partition coefficient (Wildman–Crippen LogP) is 1.44. The maximum Gasteiger partial charge on any atom is 0.251 e. The van der Waals surface area contributed by atoms with Gasteiger partial charge in [0.05, 0.1) is 12.1 Å². The molecule has 1 amide bonds. The number of amides is 1. The molecule has 7 heteroatoms. The van der Waals surface area contributed by atoms with E-state index in [1.165, 1.54) is 35.5 Å². The van der Waals surface area contributed by atoms with Crippen LogP contribution in [0.3, 0.4) is 0 Å². The molecule has 1 aliphatic carbocycles. The number of halogens is 1. The number of carbonyl (C=O) groups excluding carboxylic acids is 1. The van der Waals surface area contributed by atoms with E-state index >= 15 is 0 Å². The van der Waals surface area contributed by atoms with Gasteiger partial charge in [0.1, 0.15) is 24.2 Å². The van der Waals surface area contributed by atoms with E-state index in [1.807, 2.05) is 0 Å². The van der Waals surface area contributed by atoms with Crippen LogP contribution in [-0.2, 0) is 0 Å². The first kappa shape index (κ1) is 14.6. The Kier molecular flexibility index (Phi) is 3.89. The fourth-order valence-electron chi connectivity index (χ4n) is 2.85. The van der Waals surface area contributed by atoms with Crippen LogP contribution in [0.4, 0.5) is 4.39 Å². The summed E-state index contributed by atoms with van der Waals surface area (Å²) in [5.74, 6) is -0.928. The van der Waals surface area contributed by atoms with Crippen molar-refractivity contribution in [2.75, 3.05) is 6.61 Å². The van der Waals surface area contributed by atoms with Crippen LogP contribution in [0.5, 0.6) is 0 Å². The molecule has 2 aromatic rings. The van der Waals surface area contributed by atoms with Crippen molar-refractivity contribution in [3.8, 4) is 5.69 Å². The molecule has 6 nitrogen and oxygen atoms in total. The molecule has 1 heterocycles. The lowest BCUT2D eigenvalue weighted by molar-refractivity contribution is 0.0838. The van der Waals surface area contributed by atoms with Gasteiger partial charge in [-0.2, -0.15) is 5.10 Å². The predicted molar refractivity (Wildman–Crippen MR) is 77.1 cm³/mol. The van der Waals surface area contributed by atoms with Crippen molar-refractivity contribution < 1.29 is 14.3 Å². The third-order valence-corrected chi connectivity index (χ3v) is 4.12. The van der Waals surface area contributed by atoms with Crippen molar-refractivity contribution in [3.05, 3.63) is 42.2 Å². The van der Waals surface area contributed by atoms with Crippen molar-refractivity contribution >= 4 is 5.91 Å². The Hall–Kier alpha value is -2.28. The van der Waals surface area contributed by atoms with Crippen LogP contribution < -0.4 is 5.32 Å². The molecule has 22 heavy (non-hydrogen) atoms. The highest BCUT2D eigenvalue weighted by Crippen LogP contribution is 2.29. The van der Waals surface area contributed by atoms with E-state index < -0.39 is 11.4 Å². The molecule has 0 saturated heterocycles. The molecule has 2 N–H and O–H groups in total. The summed E-state index contributed by atoms with van der Waals surface area (Å²) in [5, 5.41) is 16.2. The molecular weight excluding hydrogens is 287 g/mol. The molecule has 0 aliphatic heterocycles. The topological polar surface area (TPSA) is 80.0 Å². The summed E-state index contributed by atoms with van der Waals surface area (Å²) in [6, 6.07) is 4.20. The third-order valence-electron chi connectivity index (χ3n) is 4.12. The van der Waals surface area contributed by atoms with Gasteiger partial charge in [0.2, 0.25) is 0 Å². The highest BCUT2D eigenvalue weighted by Gasteiger charge is 2.34. The van der Waals surface area contributed by atoms with Gasteiger partial charge >= 0.3 is 0 Å². The number of benzene rings is 1. The zero-order valence-corrected chi connectivity index (χ0v) is 12.0. The zero-order valence-electron chi connectivity index (χ0n) is 12.0. The van der Waals surface area contributed by atoms with Crippen LogP contribution in [0.25, 0.3) is 5.69 Å². The van der Waals surface area contributed by atoms with Crippen LogP contribution in [-0.4, -0.2) is 37.9 Å². The molecule has 0 bridgehead atoms. The van der Waals surface area contributed by atoms with Crippen molar-refractivity contribution in [1.82, 2.24) is 20.1 Å². The summed E-state index contributed by atoms with van der Waals surface area (Å²) in [5.41, 5.74) is -0.120. The van der Waals surface area contributed by atoms with Gasteiger partial charge in [0.15, 0.2) is 0 Å². The Morgan fingerprint density at radius 3 is 2.77 bits per heavy atom. The molecular formula is C15H17FN4O2. The van der Waals surface area contributed by atoms with Crippen molar-refractivity contribution in [2.45, 2.75) is 31.2 Å². The maximum absolute atomic E-state index is 14.1. The third kappa shape index (κ3) is 2.71. The van der Waals surface area contributed by atoms with Gasteiger partial charge in [-0.15, -0.1) is 0 Å². The normalized spacial score (nSPS) is 16.6. The smallest absolute Gasteiger partial charge is 0.251 e. The molecule has 1 aromatic carbocycles. The van der Waals surface area contributed by atoms with E-state index in [9.17, 15) is 14.3 Å². The van der Waals surface area contributed by atoms with E-state index in [2.05, 4.69) is 15.4 Å². The molecule has 3 rings (SSSR count). The number of aliphatic hydroxyl groups excluding tert-OH is 1. The Bertz CT molecular complexity index is 666. The Morgan fingerprint density at radius 2 is 2.18 bits per heavy atom. The first-order valence-corrected chi connectivity index (χ1v) is 7.21. The maximum atomic E-state index is 14.1. The highest BCUT2D eigenvalue weighted by molar-refractivity contribution is 5.95. The first-order valence-electron chi connectivity index (χ1n) is 7.21. The largest absolute Gasteiger partial charge is 0.394 e.